The second-order valence-corrected chi connectivity index (χ2v) is 12.3. The summed E-state index contributed by atoms with van der Waals surface area (Å²) in [4.78, 5) is 0. The predicted molar refractivity (Wildman–Crippen MR) is 102 cm³/mol. The molecular weight excluding hydrogens is 295 g/mol. The Morgan fingerprint density at radius 2 is 1.35 bits per heavy atom. The van der Waals surface area contributed by atoms with Crippen LogP contribution in [-0.4, -0.2) is 12.3 Å². The molecule has 4 rings (SSSR count). The summed E-state index contributed by atoms with van der Waals surface area (Å²) in [5.74, 6) is 2.08. The molecule has 0 N–H and O–H groups in total. The zero-order chi connectivity index (χ0) is 15.7. The molecule has 120 valence electrons. The lowest BCUT2D eigenvalue weighted by molar-refractivity contribution is 0.483. The Bertz CT molecular complexity index is 592. The second kappa shape index (κ2) is 6.40. The molecule has 0 unspecified atom stereocenters. The third kappa shape index (κ3) is 3.24. The summed E-state index contributed by atoms with van der Waals surface area (Å²) in [6.45, 7) is 2.68. The quantitative estimate of drug-likeness (QED) is 0.573. The third-order valence-corrected chi connectivity index (χ3v) is 10.7. The van der Waals surface area contributed by atoms with Gasteiger partial charge in [-0.3, -0.25) is 0 Å². The number of hydrogen-bond donors (Lipinski definition) is 0. The SMILES string of the molecule is C[P+](Cc1ccccc1)(Cc1ccccc1)[C@@H]1C[C@H]2CC[C@@H]1C2. The molecule has 2 aliphatic rings. The van der Waals surface area contributed by atoms with E-state index in [-0.39, 0.29) is 0 Å². The van der Waals surface area contributed by atoms with Crippen LogP contribution in [-0.2, 0) is 12.3 Å². The fourth-order valence-electron chi connectivity index (χ4n) is 5.27. The Morgan fingerprint density at radius 3 is 1.78 bits per heavy atom. The first-order valence-corrected chi connectivity index (χ1v) is 11.8. The molecule has 0 aliphatic heterocycles. The predicted octanol–water partition coefficient (Wildman–Crippen LogP) is 6.22. The van der Waals surface area contributed by atoms with Crippen LogP contribution in [0, 0.1) is 11.8 Å². The van der Waals surface area contributed by atoms with Crippen molar-refractivity contribution in [2.75, 3.05) is 6.66 Å². The summed E-state index contributed by atoms with van der Waals surface area (Å²) in [6.07, 6.45) is 8.73. The zero-order valence-corrected chi connectivity index (χ0v) is 15.1. The van der Waals surface area contributed by atoms with E-state index in [1.807, 2.05) is 0 Å². The van der Waals surface area contributed by atoms with Gasteiger partial charge in [-0.05, 0) is 48.6 Å². The Labute approximate surface area is 141 Å². The summed E-state index contributed by atoms with van der Waals surface area (Å²) in [6, 6.07) is 22.5. The maximum absolute atomic E-state index is 2.68. The molecule has 2 fully saturated rings. The van der Waals surface area contributed by atoms with Crippen molar-refractivity contribution in [1.82, 2.24) is 0 Å². The van der Waals surface area contributed by atoms with Crippen molar-refractivity contribution in [2.24, 2.45) is 11.8 Å². The molecule has 0 heterocycles. The highest BCUT2D eigenvalue weighted by Gasteiger charge is 2.53. The zero-order valence-electron chi connectivity index (χ0n) is 14.2. The van der Waals surface area contributed by atoms with Crippen molar-refractivity contribution < 1.29 is 0 Å². The third-order valence-electron chi connectivity index (χ3n) is 6.27. The van der Waals surface area contributed by atoms with Crippen molar-refractivity contribution in [3.8, 4) is 0 Å². The van der Waals surface area contributed by atoms with Crippen molar-refractivity contribution in [1.29, 1.82) is 0 Å². The van der Waals surface area contributed by atoms with E-state index < -0.39 is 7.26 Å². The van der Waals surface area contributed by atoms with Gasteiger partial charge in [0.05, 0.1) is 18.0 Å². The van der Waals surface area contributed by atoms with E-state index in [1.54, 1.807) is 11.1 Å². The molecule has 0 aromatic heterocycles. The number of fused-ring (bicyclic) bond motifs is 2. The molecule has 2 aromatic carbocycles. The summed E-state index contributed by atoms with van der Waals surface area (Å²) in [7, 11) is -1.00. The van der Waals surface area contributed by atoms with Gasteiger partial charge in [0.15, 0.2) is 0 Å². The van der Waals surface area contributed by atoms with E-state index in [4.69, 9.17) is 0 Å². The van der Waals surface area contributed by atoms with E-state index in [2.05, 4.69) is 67.3 Å². The molecule has 0 saturated heterocycles. The highest BCUT2D eigenvalue weighted by molar-refractivity contribution is 7.74. The smallest absolute Gasteiger partial charge is 0.0622 e. The number of hydrogen-bond acceptors (Lipinski definition) is 0. The monoisotopic (exact) mass is 323 g/mol. The average Bonchev–Trinajstić information content (AvgIpc) is 3.20. The van der Waals surface area contributed by atoms with Gasteiger partial charge in [-0.2, -0.15) is 0 Å². The summed E-state index contributed by atoms with van der Waals surface area (Å²) < 4.78 is 0. The minimum Gasteiger partial charge on any atom is -0.0622 e. The van der Waals surface area contributed by atoms with Crippen LogP contribution in [0.1, 0.15) is 36.8 Å². The molecule has 2 saturated carbocycles. The molecule has 2 aliphatic carbocycles. The maximum atomic E-state index is 2.68. The van der Waals surface area contributed by atoms with Crippen molar-refractivity contribution in [3.05, 3.63) is 71.8 Å². The highest BCUT2D eigenvalue weighted by Crippen LogP contribution is 2.72. The van der Waals surface area contributed by atoms with E-state index in [1.165, 1.54) is 38.0 Å². The molecule has 23 heavy (non-hydrogen) atoms. The van der Waals surface area contributed by atoms with Crippen LogP contribution in [0.25, 0.3) is 0 Å². The van der Waals surface area contributed by atoms with Crippen LogP contribution in [0.5, 0.6) is 0 Å². The fraction of sp³-hybridized carbons (Fsp3) is 0.455. The summed E-state index contributed by atoms with van der Waals surface area (Å²) >= 11 is 0. The molecule has 3 atom stereocenters. The van der Waals surface area contributed by atoms with Crippen molar-refractivity contribution in [3.63, 3.8) is 0 Å². The van der Waals surface area contributed by atoms with Crippen LogP contribution < -0.4 is 0 Å². The topological polar surface area (TPSA) is 0 Å². The largest absolute Gasteiger partial charge is 0.0846 e. The normalized spacial score (nSPS) is 26.6. The van der Waals surface area contributed by atoms with Crippen LogP contribution in [0.4, 0.5) is 0 Å². The van der Waals surface area contributed by atoms with Crippen LogP contribution in [0.15, 0.2) is 60.7 Å². The first kappa shape index (κ1) is 15.4. The van der Waals surface area contributed by atoms with E-state index in [0.29, 0.717) is 0 Å². The Morgan fingerprint density at radius 1 is 0.783 bits per heavy atom. The Kier molecular flexibility index (Phi) is 4.29. The first-order chi connectivity index (χ1) is 11.2. The van der Waals surface area contributed by atoms with Gasteiger partial charge in [0.1, 0.15) is 0 Å². The summed E-state index contributed by atoms with van der Waals surface area (Å²) in [5, 5.41) is 0. The van der Waals surface area contributed by atoms with Gasteiger partial charge in [-0.25, -0.2) is 0 Å². The van der Waals surface area contributed by atoms with Crippen molar-refractivity contribution >= 4 is 7.26 Å². The molecular formula is C22H28P+. The number of benzene rings is 2. The molecule has 0 amide bonds. The van der Waals surface area contributed by atoms with Gasteiger partial charge >= 0.3 is 0 Å². The summed E-state index contributed by atoms with van der Waals surface area (Å²) in [5.41, 5.74) is 4.13. The van der Waals surface area contributed by atoms with Gasteiger partial charge in [0.25, 0.3) is 0 Å². The molecule has 2 aromatic rings. The molecule has 0 spiro atoms. The van der Waals surface area contributed by atoms with Gasteiger partial charge in [-0.1, -0.05) is 60.7 Å². The van der Waals surface area contributed by atoms with Gasteiger partial charge in [0.2, 0.25) is 0 Å². The minimum atomic E-state index is -1.00. The van der Waals surface area contributed by atoms with E-state index in [9.17, 15) is 0 Å². The lowest BCUT2D eigenvalue weighted by Crippen LogP contribution is -2.23. The molecule has 0 radical (unpaired) electrons. The van der Waals surface area contributed by atoms with Crippen LogP contribution in [0.2, 0.25) is 0 Å². The second-order valence-electron chi connectivity index (χ2n) is 8.01. The number of rotatable bonds is 5. The van der Waals surface area contributed by atoms with Crippen molar-refractivity contribution in [2.45, 2.75) is 43.7 Å². The van der Waals surface area contributed by atoms with Gasteiger partial charge < -0.3 is 0 Å². The Hall–Kier alpha value is -1.13. The van der Waals surface area contributed by atoms with E-state index >= 15 is 0 Å². The fourth-order valence-corrected chi connectivity index (χ4v) is 10.0. The minimum absolute atomic E-state index is 1.00. The first-order valence-electron chi connectivity index (χ1n) is 9.15. The highest BCUT2D eigenvalue weighted by atomic mass is 31.2. The standard InChI is InChI=1S/C22H28P/c1-23(16-18-8-4-2-5-9-18,17-19-10-6-3-7-11-19)22-15-20-12-13-21(22)14-20/h2-11,20-22H,12-17H2,1H3/q+1/t20-,21+,22+/m0/s1. The Balaban J connectivity index is 1.62. The van der Waals surface area contributed by atoms with Gasteiger partial charge in [-0.15, -0.1) is 0 Å². The van der Waals surface area contributed by atoms with Crippen LogP contribution in [0.3, 0.4) is 0 Å². The van der Waals surface area contributed by atoms with Gasteiger partial charge in [0, 0.05) is 13.9 Å². The lowest BCUT2D eigenvalue weighted by Gasteiger charge is -2.35. The van der Waals surface area contributed by atoms with E-state index in [0.717, 1.165) is 17.5 Å². The lowest BCUT2D eigenvalue weighted by atomic mass is 10.0. The molecule has 2 bridgehead atoms. The maximum Gasteiger partial charge on any atom is 0.0846 e. The molecule has 1 heteroatoms. The van der Waals surface area contributed by atoms with Crippen LogP contribution >= 0.6 is 7.26 Å². The molecule has 0 nitrogen and oxygen atoms in total. The average molecular weight is 323 g/mol.